The highest BCUT2D eigenvalue weighted by Crippen LogP contribution is 2.20. The number of hydrogen-bond acceptors (Lipinski definition) is 3. The van der Waals surface area contributed by atoms with Crippen molar-refractivity contribution >= 4 is 16.9 Å². The standard InChI is InChI=1S/C22H28N4O/c1-4-25(5-2)21(18-11-7-6-8-12-18)22(27)23-15-16-26-17(3)24-19-13-9-10-14-20(19)26/h6-14,21H,4-5,15-16H2,1-3H3,(H,23,27). The molecule has 0 aliphatic heterocycles. The molecule has 1 heterocycles. The van der Waals surface area contributed by atoms with Crippen molar-refractivity contribution < 1.29 is 4.79 Å². The second-order valence-electron chi connectivity index (χ2n) is 6.62. The smallest absolute Gasteiger partial charge is 0.242 e. The molecule has 27 heavy (non-hydrogen) atoms. The predicted molar refractivity (Wildman–Crippen MR) is 110 cm³/mol. The minimum Gasteiger partial charge on any atom is -0.353 e. The lowest BCUT2D eigenvalue weighted by Crippen LogP contribution is -2.41. The van der Waals surface area contributed by atoms with E-state index in [9.17, 15) is 4.79 Å². The highest BCUT2D eigenvalue weighted by molar-refractivity contribution is 5.83. The number of carbonyl (C=O) groups is 1. The van der Waals surface area contributed by atoms with Crippen LogP contribution in [0.15, 0.2) is 54.6 Å². The van der Waals surface area contributed by atoms with E-state index in [1.807, 2.05) is 55.5 Å². The number of likely N-dealkylation sites (N-methyl/N-ethyl adjacent to an activating group) is 1. The summed E-state index contributed by atoms with van der Waals surface area (Å²) in [6.45, 7) is 9.12. The Hall–Kier alpha value is -2.66. The van der Waals surface area contributed by atoms with Crippen LogP contribution < -0.4 is 5.32 Å². The maximum absolute atomic E-state index is 13.0. The largest absolute Gasteiger partial charge is 0.353 e. The summed E-state index contributed by atoms with van der Waals surface area (Å²) >= 11 is 0. The number of rotatable bonds is 8. The molecule has 0 saturated carbocycles. The van der Waals surface area contributed by atoms with Crippen molar-refractivity contribution in [1.82, 2.24) is 19.8 Å². The second-order valence-corrected chi connectivity index (χ2v) is 6.62. The van der Waals surface area contributed by atoms with E-state index in [-0.39, 0.29) is 11.9 Å². The summed E-state index contributed by atoms with van der Waals surface area (Å²) < 4.78 is 2.16. The molecule has 0 aliphatic carbocycles. The molecule has 3 rings (SSSR count). The molecular weight excluding hydrogens is 336 g/mol. The number of nitrogens with one attached hydrogen (secondary N) is 1. The molecule has 0 radical (unpaired) electrons. The summed E-state index contributed by atoms with van der Waals surface area (Å²) in [4.78, 5) is 19.8. The van der Waals surface area contributed by atoms with Gasteiger partial charge in [-0.05, 0) is 37.7 Å². The van der Waals surface area contributed by atoms with Gasteiger partial charge in [-0.3, -0.25) is 9.69 Å². The van der Waals surface area contributed by atoms with Crippen LogP contribution in [0, 0.1) is 6.92 Å². The number of aromatic nitrogens is 2. The van der Waals surface area contributed by atoms with E-state index in [0.29, 0.717) is 13.1 Å². The van der Waals surface area contributed by atoms with Crippen molar-refractivity contribution in [2.24, 2.45) is 0 Å². The van der Waals surface area contributed by atoms with Crippen LogP contribution in [0.3, 0.4) is 0 Å². The summed E-state index contributed by atoms with van der Waals surface area (Å²) in [6.07, 6.45) is 0. The van der Waals surface area contributed by atoms with Gasteiger partial charge in [-0.1, -0.05) is 56.3 Å². The average molecular weight is 364 g/mol. The number of benzene rings is 2. The van der Waals surface area contributed by atoms with E-state index in [0.717, 1.165) is 35.5 Å². The summed E-state index contributed by atoms with van der Waals surface area (Å²) in [5.74, 6) is 1.01. The van der Waals surface area contributed by atoms with E-state index in [1.54, 1.807) is 0 Å². The zero-order valence-corrected chi connectivity index (χ0v) is 16.4. The quantitative estimate of drug-likeness (QED) is 0.665. The summed E-state index contributed by atoms with van der Waals surface area (Å²) in [7, 11) is 0. The van der Waals surface area contributed by atoms with Crippen LogP contribution in [-0.2, 0) is 11.3 Å². The molecule has 0 fully saturated rings. The minimum atomic E-state index is -0.262. The minimum absolute atomic E-state index is 0.0481. The van der Waals surface area contributed by atoms with Gasteiger partial charge in [-0.15, -0.1) is 0 Å². The van der Waals surface area contributed by atoms with Crippen molar-refractivity contribution in [3.05, 3.63) is 66.0 Å². The molecule has 0 spiro atoms. The SMILES string of the molecule is CCN(CC)C(C(=O)NCCn1c(C)nc2ccccc21)c1ccccc1. The Morgan fingerprint density at radius 2 is 1.74 bits per heavy atom. The number of hydrogen-bond donors (Lipinski definition) is 1. The van der Waals surface area contributed by atoms with Gasteiger partial charge in [0.05, 0.1) is 11.0 Å². The monoisotopic (exact) mass is 364 g/mol. The highest BCUT2D eigenvalue weighted by atomic mass is 16.2. The van der Waals surface area contributed by atoms with Crippen LogP contribution in [0.4, 0.5) is 0 Å². The topological polar surface area (TPSA) is 50.2 Å². The Morgan fingerprint density at radius 3 is 2.44 bits per heavy atom. The zero-order chi connectivity index (χ0) is 19.2. The number of carbonyl (C=O) groups excluding carboxylic acids is 1. The van der Waals surface area contributed by atoms with E-state index in [1.165, 1.54) is 0 Å². The zero-order valence-electron chi connectivity index (χ0n) is 16.4. The van der Waals surface area contributed by atoms with Gasteiger partial charge in [0.25, 0.3) is 0 Å². The van der Waals surface area contributed by atoms with Crippen LogP contribution in [0.5, 0.6) is 0 Å². The number of fused-ring (bicyclic) bond motifs is 1. The molecule has 1 unspecified atom stereocenters. The molecular formula is C22H28N4O. The number of amides is 1. The Kier molecular flexibility index (Phi) is 6.24. The molecule has 0 bridgehead atoms. The lowest BCUT2D eigenvalue weighted by atomic mass is 10.0. The van der Waals surface area contributed by atoms with Crippen LogP contribution in [0.1, 0.15) is 31.3 Å². The molecule has 1 amide bonds. The lowest BCUT2D eigenvalue weighted by molar-refractivity contribution is -0.126. The van der Waals surface area contributed by atoms with E-state index in [2.05, 4.69) is 39.7 Å². The van der Waals surface area contributed by atoms with Gasteiger partial charge < -0.3 is 9.88 Å². The molecule has 1 atom stereocenters. The van der Waals surface area contributed by atoms with Gasteiger partial charge in [0.2, 0.25) is 5.91 Å². The molecule has 1 aromatic heterocycles. The molecule has 0 aliphatic rings. The first-order chi connectivity index (χ1) is 13.2. The summed E-state index contributed by atoms with van der Waals surface area (Å²) in [5, 5.41) is 3.13. The van der Waals surface area contributed by atoms with Gasteiger partial charge in [0.15, 0.2) is 0 Å². The number of aryl methyl sites for hydroxylation is 1. The van der Waals surface area contributed by atoms with Gasteiger partial charge in [0, 0.05) is 13.1 Å². The third-order valence-electron chi connectivity index (χ3n) is 5.02. The van der Waals surface area contributed by atoms with E-state index in [4.69, 9.17) is 0 Å². The summed E-state index contributed by atoms with van der Waals surface area (Å²) in [6, 6.07) is 17.8. The fourth-order valence-corrected chi connectivity index (χ4v) is 3.62. The molecule has 5 heteroatoms. The van der Waals surface area contributed by atoms with Crippen LogP contribution in [0.2, 0.25) is 0 Å². The van der Waals surface area contributed by atoms with E-state index < -0.39 is 0 Å². The van der Waals surface area contributed by atoms with Crippen LogP contribution >= 0.6 is 0 Å². The predicted octanol–water partition coefficient (Wildman–Crippen LogP) is 3.54. The first kappa shape index (κ1) is 19.1. The maximum Gasteiger partial charge on any atom is 0.242 e. The molecule has 2 aromatic carbocycles. The molecule has 3 aromatic rings. The summed E-state index contributed by atoms with van der Waals surface area (Å²) in [5.41, 5.74) is 3.13. The van der Waals surface area contributed by atoms with Crippen molar-refractivity contribution in [2.75, 3.05) is 19.6 Å². The highest BCUT2D eigenvalue weighted by Gasteiger charge is 2.25. The number of nitrogens with zero attached hydrogens (tertiary/aromatic N) is 3. The van der Waals surface area contributed by atoms with Crippen LogP contribution in [0.25, 0.3) is 11.0 Å². The van der Waals surface area contributed by atoms with Gasteiger partial charge >= 0.3 is 0 Å². The van der Waals surface area contributed by atoms with Gasteiger partial charge in [0.1, 0.15) is 11.9 Å². The number of imidazole rings is 1. The second kappa shape index (κ2) is 8.82. The average Bonchev–Trinajstić information content (AvgIpc) is 3.02. The molecule has 1 N–H and O–H groups in total. The first-order valence-electron chi connectivity index (χ1n) is 9.64. The molecule has 142 valence electrons. The molecule has 0 saturated heterocycles. The Morgan fingerprint density at radius 1 is 1.07 bits per heavy atom. The third kappa shape index (κ3) is 4.19. The van der Waals surface area contributed by atoms with Gasteiger partial charge in [-0.2, -0.15) is 0 Å². The third-order valence-corrected chi connectivity index (χ3v) is 5.02. The van der Waals surface area contributed by atoms with Crippen molar-refractivity contribution in [3.8, 4) is 0 Å². The Balaban J connectivity index is 1.71. The fourth-order valence-electron chi connectivity index (χ4n) is 3.62. The lowest BCUT2D eigenvalue weighted by Gasteiger charge is -2.29. The number of para-hydroxylation sites is 2. The molecule has 5 nitrogen and oxygen atoms in total. The van der Waals surface area contributed by atoms with Crippen LogP contribution in [-0.4, -0.2) is 40.0 Å². The normalized spacial score (nSPS) is 12.4. The fraction of sp³-hybridized carbons (Fsp3) is 0.364. The first-order valence-corrected chi connectivity index (χ1v) is 9.64. The van der Waals surface area contributed by atoms with Crippen molar-refractivity contribution in [3.63, 3.8) is 0 Å². The Labute approximate surface area is 161 Å². The van der Waals surface area contributed by atoms with Crippen molar-refractivity contribution in [1.29, 1.82) is 0 Å². The van der Waals surface area contributed by atoms with Crippen molar-refractivity contribution in [2.45, 2.75) is 33.4 Å². The maximum atomic E-state index is 13.0. The van der Waals surface area contributed by atoms with Gasteiger partial charge in [-0.25, -0.2) is 4.98 Å². The van der Waals surface area contributed by atoms with E-state index >= 15 is 0 Å². The Bertz CT molecular complexity index is 884.